The quantitative estimate of drug-likeness (QED) is 0.638. The number of hydrogen-bond donors (Lipinski definition) is 3. The van der Waals surface area contributed by atoms with Crippen LogP contribution in [0.3, 0.4) is 0 Å². The minimum absolute atomic E-state index is 0.0709. The summed E-state index contributed by atoms with van der Waals surface area (Å²) in [6.07, 6.45) is 2.55. The number of likely N-dealkylation sites (N-methyl/N-ethyl adjacent to an activating group) is 1. The Morgan fingerprint density at radius 2 is 2.05 bits per heavy atom. The van der Waals surface area contributed by atoms with E-state index in [2.05, 4.69) is 22.5 Å². The Morgan fingerprint density at radius 1 is 1.32 bits per heavy atom. The van der Waals surface area contributed by atoms with Crippen molar-refractivity contribution in [1.29, 1.82) is 0 Å². The highest BCUT2D eigenvalue weighted by molar-refractivity contribution is 5.74. The van der Waals surface area contributed by atoms with Gasteiger partial charge in [0.2, 0.25) is 0 Å². The van der Waals surface area contributed by atoms with Gasteiger partial charge in [-0.3, -0.25) is 4.79 Å². The van der Waals surface area contributed by atoms with Crippen molar-refractivity contribution in [2.24, 2.45) is 11.8 Å². The minimum Gasteiger partial charge on any atom is -0.481 e. The summed E-state index contributed by atoms with van der Waals surface area (Å²) in [6.45, 7) is 4.87. The average Bonchev–Trinajstić information content (AvgIpc) is 2.84. The van der Waals surface area contributed by atoms with Crippen molar-refractivity contribution in [3.63, 3.8) is 0 Å². The van der Waals surface area contributed by atoms with Gasteiger partial charge in [-0.05, 0) is 32.4 Å². The van der Waals surface area contributed by atoms with Crippen LogP contribution in [0.4, 0.5) is 4.79 Å². The first kappa shape index (κ1) is 15.8. The molecule has 6 heteroatoms. The molecule has 1 aliphatic rings. The number of hydrogen-bond acceptors (Lipinski definition) is 3. The molecule has 0 aromatic rings. The third-order valence-electron chi connectivity index (χ3n) is 3.82. The van der Waals surface area contributed by atoms with E-state index in [1.54, 1.807) is 0 Å². The van der Waals surface area contributed by atoms with Crippen molar-refractivity contribution in [3.05, 3.63) is 0 Å². The third kappa shape index (κ3) is 5.46. The highest BCUT2D eigenvalue weighted by Crippen LogP contribution is 2.31. The van der Waals surface area contributed by atoms with E-state index >= 15 is 0 Å². The number of nitrogens with one attached hydrogen (secondary N) is 2. The molecule has 0 aromatic carbocycles. The SMILES string of the molecule is CCN(C)CCNC(=O)NCC1CCCC1C(=O)O. The zero-order chi connectivity index (χ0) is 14.3. The standard InChI is InChI=1S/C13H25N3O3/c1-3-16(2)8-7-14-13(19)15-9-10-5-4-6-11(10)12(17)18/h10-11H,3-9H2,1-2H3,(H,17,18)(H2,14,15,19). The molecule has 0 spiro atoms. The van der Waals surface area contributed by atoms with Crippen LogP contribution in [0, 0.1) is 11.8 Å². The normalized spacial score (nSPS) is 22.5. The van der Waals surface area contributed by atoms with Crippen molar-refractivity contribution in [1.82, 2.24) is 15.5 Å². The fraction of sp³-hybridized carbons (Fsp3) is 0.846. The Bertz CT molecular complexity index is 310. The summed E-state index contributed by atoms with van der Waals surface area (Å²) in [5.41, 5.74) is 0. The van der Waals surface area contributed by atoms with E-state index in [4.69, 9.17) is 5.11 Å². The van der Waals surface area contributed by atoms with Crippen LogP contribution >= 0.6 is 0 Å². The molecule has 0 saturated heterocycles. The van der Waals surface area contributed by atoms with Crippen LogP contribution in [-0.4, -0.2) is 55.2 Å². The van der Waals surface area contributed by atoms with Gasteiger partial charge in [0.25, 0.3) is 0 Å². The molecule has 0 aliphatic heterocycles. The summed E-state index contributed by atoms with van der Waals surface area (Å²) in [6, 6.07) is -0.208. The lowest BCUT2D eigenvalue weighted by atomic mass is 9.96. The lowest BCUT2D eigenvalue weighted by molar-refractivity contribution is -0.142. The van der Waals surface area contributed by atoms with Crippen molar-refractivity contribution < 1.29 is 14.7 Å². The maximum atomic E-state index is 11.6. The number of aliphatic carboxylic acids is 1. The molecule has 0 bridgehead atoms. The molecule has 1 saturated carbocycles. The molecule has 2 atom stereocenters. The molecule has 0 aromatic heterocycles. The second kappa shape index (κ2) is 7.99. The number of carboxylic acid groups (broad SMARTS) is 1. The van der Waals surface area contributed by atoms with Gasteiger partial charge in [-0.1, -0.05) is 13.3 Å². The van der Waals surface area contributed by atoms with Gasteiger partial charge in [-0.15, -0.1) is 0 Å². The summed E-state index contributed by atoms with van der Waals surface area (Å²) in [5, 5.41) is 14.6. The Hall–Kier alpha value is -1.30. The van der Waals surface area contributed by atoms with Crippen LogP contribution in [-0.2, 0) is 4.79 Å². The van der Waals surface area contributed by atoms with E-state index in [0.29, 0.717) is 13.1 Å². The Kier molecular flexibility index (Phi) is 6.62. The lowest BCUT2D eigenvalue weighted by Crippen LogP contribution is -2.42. The summed E-state index contributed by atoms with van der Waals surface area (Å²) in [7, 11) is 2.00. The number of carboxylic acids is 1. The lowest BCUT2D eigenvalue weighted by Gasteiger charge is -2.17. The summed E-state index contributed by atoms with van der Waals surface area (Å²) in [5.74, 6) is -0.970. The Labute approximate surface area is 114 Å². The van der Waals surface area contributed by atoms with Crippen molar-refractivity contribution in [2.45, 2.75) is 26.2 Å². The van der Waals surface area contributed by atoms with E-state index in [-0.39, 0.29) is 17.9 Å². The highest BCUT2D eigenvalue weighted by Gasteiger charge is 2.32. The maximum absolute atomic E-state index is 11.6. The fourth-order valence-corrected chi connectivity index (χ4v) is 2.41. The van der Waals surface area contributed by atoms with Crippen LogP contribution < -0.4 is 10.6 Å². The van der Waals surface area contributed by atoms with Crippen LogP contribution in [0.15, 0.2) is 0 Å². The molecule has 2 unspecified atom stereocenters. The third-order valence-corrected chi connectivity index (χ3v) is 3.82. The Morgan fingerprint density at radius 3 is 2.68 bits per heavy atom. The molecular formula is C13H25N3O3. The number of carbonyl (C=O) groups excluding carboxylic acids is 1. The summed E-state index contributed by atoms with van der Waals surface area (Å²) >= 11 is 0. The van der Waals surface area contributed by atoms with Gasteiger partial charge in [-0.25, -0.2) is 4.79 Å². The number of nitrogens with zero attached hydrogens (tertiary/aromatic N) is 1. The second-order valence-electron chi connectivity index (χ2n) is 5.17. The smallest absolute Gasteiger partial charge is 0.314 e. The molecule has 1 aliphatic carbocycles. The Balaban J connectivity index is 2.17. The van der Waals surface area contributed by atoms with Crippen LogP contribution in [0.1, 0.15) is 26.2 Å². The van der Waals surface area contributed by atoms with E-state index in [1.165, 1.54) is 0 Å². The number of amides is 2. The minimum atomic E-state index is -0.741. The van der Waals surface area contributed by atoms with Crippen LogP contribution in [0.25, 0.3) is 0 Å². The van der Waals surface area contributed by atoms with Gasteiger partial charge < -0.3 is 20.6 Å². The van der Waals surface area contributed by atoms with Gasteiger partial charge in [0.05, 0.1) is 5.92 Å². The molecule has 110 valence electrons. The first-order valence-corrected chi connectivity index (χ1v) is 6.97. The molecule has 1 rings (SSSR count). The van der Waals surface area contributed by atoms with Gasteiger partial charge >= 0.3 is 12.0 Å². The molecule has 0 radical (unpaired) electrons. The zero-order valence-corrected chi connectivity index (χ0v) is 11.8. The maximum Gasteiger partial charge on any atom is 0.314 e. The molecule has 3 N–H and O–H groups in total. The zero-order valence-electron chi connectivity index (χ0n) is 11.8. The van der Waals surface area contributed by atoms with Gasteiger partial charge in [0.1, 0.15) is 0 Å². The largest absolute Gasteiger partial charge is 0.481 e. The topological polar surface area (TPSA) is 81.7 Å². The van der Waals surface area contributed by atoms with E-state index < -0.39 is 5.97 Å². The number of carbonyl (C=O) groups is 2. The molecule has 0 heterocycles. The predicted octanol–water partition coefficient (Wildman–Crippen LogP) is 0.738. The number of urea groups is 1. The molecular weight excluding hydrogens is 246 g/mol. The molecule has 6 nitrogen and oxygen atoms in total. The van der Waals surface area contributed by atoms with E-state index in [9.17, 15) is 9.59 Å². The first-order chi connectivity index (χ1) is 9.04. The molecule has 1 fully saturated rings. The van der Waals surface area contributed by atoms with Crippen molar-refractivity contribution >= 4 is 12.0 Å². The fourth-order valence-electron chi connectivity index (χ4n) is 2.41. The highest BCUT2D eigenvalue weighted by atomic mass is 16.4. The van der Waals surface area contributed by atoms with Crippen LogP contribution in [0.2, 0.25) is 0 Å². The van der Waals surface area contributed by atoms with E-state index in [1.807, 2.05) is 7.05 Å². The van der Waals surface area contributed by atoms with Gasteiger partial charge in [0, 0.05) is 19.6 Å². The molecule has 2 amide bonds. The van der Waals surface area contributed by atoms with E-state index in [0.717, 1.165) is 32.4 Å². The van der Waals surface area contributed by atoms with Gasteiger partial charge in [0.15, 0.2) is 0 Å². The first-order valence-electron chi connectivity index (χ1n) is 6.97. The molecule has 19 heavy (non-hydrogen) atoms. The van der Waals surface area contributed by atoms with Crippen molar-refractivity contribution in [2.75, 3.05) is 33.2 Å². The van der Waals surface area contributed by atoms with Crippen LogP contribution in [0.5, 0.6) is 0 Å². The summed E-state index contributed by atoms with van der Waals surface area (Å²) in [4.78, 5) is 24.7. The predicted molar refractivity (Wildman–Crippen MR) is 73.0 cm³/mol. The monoisotopic (exact) mass is 271 g/mol. The average molecular weight is 271 g/mol. The number of rotatable bonds is 7. The second-order valence-corrected chi connectivity index (χ2v) is 5.17. The summed E-state index contributed by atoms with van der Waals surface area (Å²) < 4.78 is 0. The van der Waals surface area contributed by atoms with Crippen molar-refractivity contribution in [3.8, 4) is 0 Å². The van der Waals surface area contributed by atoms with Gasteiger partial charge in [-0.2, -0.15) is 0 Å².